The van der Waals surface area contributed by atoms with Gasteiger partial charge < -0.3 is 15.5 Å². The van der Waals surface area contributed by atoms with Crippen LogP contribution in [0.25, 0.3) is 0 Å². The maximum absolute atomic E-state index is 3.86. The second-order valence-electron chi connectivity index (χ2n) is 5.33. The molecule has 0 aromatic rings. The molecule has 0 aromatic carbocycles. The van der Waals surface area contributed by atoms with Gasteiger partial charge in [0, 0.05) is 18.6 Å². The van der Waals surface area contributed by atoms with Gasteiger partial charge >= 0.3 is 0 Å². The lowest BCUT2D eigenvalue weighted by atomic mass is 9.92. The van der Waals surface area contributed by atoms with E-state index in [0.717, 1.165) is 18.0 Å². The maximum Gasteiger partial charge on any atom is 0.0120 e. The molecule has 2 fully saturated rings. The molecule has 0 spiro atoms. The molecule has 2 heterocycles. The summed E-state index contributed by atoms with van der Waals surface area (Å²) in [6.07, 6.45) is 3.93. The second kappa shape index (κ2) is 5.28. The molecule has 2 unspecified atom stereocenters. The molecule has 0 bridgehead atoms. The Balaban J connectivity index is 1.77. The highest BCUT2D eigenvalue weighted by Gasteiger charge is 2.26. The van der Waals surface area contributed by atoms with Crippen molar-refractivity contribution in [3.8, 4) is 0 Å². The number of nitrogens with zero attached hydrogens (tertiary/aromatic N) is 1. The SMILES string of the molecule is CC1CN(C)CCC1NC1CCNCC1. The summed E-state index contributed by atoms with van der Waals surface area (Å²) in [4.78, 5) is 2.45. The van der Waals surface area contributed by atoms with Crippen LogP contribution in [0.3, 0.4) is 0 Å². The van der Waals surface area contributed by atoms with Crippen LogP contribution in [0.2, 0.25) is 0 Å². The van der Waals surface area contributed by atoms with E-state index in [-0.39, 0.29) is 0 Å². The van der Waals surface area contributed by atoms with E-state index in [1.165, 1.54) is 45.4 Å². The number of hydrogen-bond donors (Lipinski definition) is 2. The summed E-state index contributed by atoms with van der Waals surface area (Å²) in [6.45, 7) is 7.28. The van der Waals surface area contributed by atoms with Crippen molar-refractivity contribution in [3.05, 3.63) is 0 Å². The van der Waals surface area contributed by atoms with E-state index in [0.29, 0.717) is 0 Å². The number of nitrogens with one attached hydrogen (secondary N) is 2. The van der Waals surface area contributed by atoms with Crippen molar-refractivity contribution in [2.75, 3.05) is 33.2 Å². The second-order valence-corrected chi connectivity index (χ2v) is 5.33. The Morgan fingerprint density at radius 3 is 2.60 bits per heavy atom. The summed E-state index contributed by atoms with van der Waals surface area (Å²) in [6, 6.07) is 1.52. The van der Waals surface area contributed by atoms with Crippen molar-refractivity contribution in [1.82, 2.24) is 15.5 Å². The first-order valence-corrected chi connectivity index (χ1v) is 6.41. The predicted octanol–water partition coefficient (Wildman–Crippen LogP) is 0.668. The summed E-state index contributed by atoms with van der Waals surface area (Å²) in [7, 11) is 2.23. The molecule has 0 aromatic heterocycles. The Hall–Kier alpha value is -0.120. The quantitative estimate of drug-likeness (QED) is 0.703. The Labute approximate surface area is 93.6 Å². The van der Waals surface area contributed by atoms with Crippen LogP contribution < -0.4 is 10.6 Å². The lowest BCUT2D eigenvalue weighted by Crippen LogP contribution is -2.52. The fraction of sp³-hybridized carbons (Fsp3) is 1.00. The minimum Gasteiger partial charge on any atom is -0.317 e. The van der Waals surface area contributed by atoms with Gasteiger partial charge in [-0.05, 0) is 51.9 Å². The van der Waals surface area contributed by atoms with Gasteiger partial charge in [0.15, 0.2) is 0 Å². The number of likely N-dealkylation sites (tertiary alicyclic amines) is 1. The summed E-state index contributed by atoms with van der Waals surface area (Å²) in [5.74, 6) is 0.804. The van der Waals surface area contributed by atoms with Crippen LogP contribution in [0.4, 0.5) is 0 Å². The van der Waals surface area contributed by atoms with Gasteiger partial charge in [-0.1, -0.05) is 6.92 Å². The highest BCUT2D eigenvalue weighted by Crippen LogP contribution is 2.17. The first-order valence-electron chi connectivity index (χ1n) is 6.41. The normalized spacial score (nSPS) is 35.6. The minimum atomic E-state index is 0.754. The van der Waals surface area contributed by atoms with Gasteiger partial charge in [-0.25, -0.2) is 0 Å². The van der Waals surface area contributed by atoms with Crippen molar-refractivity contribution >= 4 is 0 Å². The molecule has 2 aliphatic rings. The van der Waals surface area contributed by atoms with Gasteiger partial charge in [-0.2, -0.15) is 0 Å². The third-order valence-electron chi connectivity index (χ3n) is 3.90. The molecule has 0 saturated carbocycles. The highest BCUT2D eigenvalue weighted by molar-refractivity contribution is 4.85. The Bertz CT molecular complexity index is 189. The van der Waals surface area contributed by atoms with Gasteiger partial charge in [0.1, 0.15) is 0 Å². The molecule has 0 aliphatic carbocycles. The summed E-state index contributed by atoms with van der Waals surface area (Å²) in [5, 5.41) is 7.28. The first-order chi connectivity index (χ1) is 7.25. The molecular weight excluding hydrogens is 186 g/mol. The van der Waals surface area contributed by atoms with Crippen molar-refractivity contribution in [3.63, 3.8) is 0 Å². The lowest BCUT2D eigenvalue weighted by Gasteiger charge is -2.38. The standard InChI is InChI=1S/C12H25N3/c1-10-9-15(2)8-5-12(10)14-11-3-6-13-7-4-11/h10-14H,3-9H2,1-2H3. The van der Waals surface area contributed by atoms with E-state index in [2.05, 4.69) is 29.5 Å². The van der Waals surface area contributed by atoms with Gasteiger partial charge in [-0.3, -0.25) is 0 Å². The average molecular weight is 211 g/mol. The van der Waals surface area contributed by atoms with Gasteiger partial charge in [-0.15, -0.1) is 0 Å². The molecule has 2 N–H and O–H groups in total. The van der Waals surface area contributed by atoms with Crippen LogP contribution in [0, 0.1) is 5.92 Å². The molecule has 15 heavy (non-hydrogen) atoms. The van der Waals surface area contributed by atoms with E-state index in [1.807, 2.05) is 0 Å². The number of hydrogen-bond acceptors (Lipinski definition) is 3. The van der Waals surface area contributed by atoms with E-state index >= 15 is 0 Å². The summed E-state index contributed by atoms with van der Waals surface area (Å²) >= 11 is 0. The molecule has 0 amide bonds. The van der Waals surface area contributed by atoms with Gasteiger partial charge in [0.25, 0.3) is 0 Å². The third-order valence-corrected chi connectivity index (χ3v) is 3.90. The maximum atomic E-state index is 3.86. The summed E-state index contributed by atoms with van der Waals surface area (Å²) < 4.78 is 0. The smallest absolute Gasteiger partial charge is 0.0120 e. The van der Waals surface area contributed by atoms with E-state index < -0.39 is 0 Å². The van der Waals surface area contributed by atoms with Crippen molar-refractivity contribution in [2.45, 2.75) is 38.3 Å². The summed E-state index contributed by atoms with van der Waals surface area (Å²) in [5.41, 5.74) is 0. The van der Waals surface area contributed by atoms with Crippen molar-refractivity contribution < 1.29 is 0 Å². The Kier molecular flexibility index (Phi) is 4.00. The fourth-order valence-electron chi connectivity index (χ4n) is 2.89. The lowest BCUT2D eigenvalue weighted by molar-refractivity contribution is 0.160. The zero-order valence-corrected chi connectivity index (χ0v) is 10.1. The minimum absolute atomic E-state index is 0.754. The molecule has 2 saturated heterocycles. The Morgan fingerprint density at radius 2 is 1.93 bits per heavy atom. The van der Waals surface area contributed by atoms with Crippen LogP contribution in [0.15, 0.2) is 0 Å². The molecule has 2 rings (SSSR count). The zero-order chi connectivity index (χ0) is 10.7. The average Bonchev–Trinajstić information content (AvgIpc) is 2.24. The third kappa shape index (κ3) is 3.16. The fourth-order valence-corrected chi connectivity index (χ4v) is 2.89. The number of rotatable bonds is 2. The molecule has 88 valence electrons. The predicted molar refractivity (Wildman–Crippen MR) is 64.1 cm³/mol. The van der Waals surface area contributed by atoms with E-state index in [4.69, 9.17) is 0 Å². The van der Waals surface area contributed by atoms with Crippen LogP contribution in [0.1, 0.15) is 26.2 Å². The van der Waals surface area contributed by atoms with Crippen LogP contribution in [-0.4, -0.2) is 50.2 Å². The Morgan fingerprint density at radius 1 is 1.20 bits per heavy atom. The molecule has 2 aliphatic heterocycles. The molecule has 3 nitrogen and oxygen atoms in total. The zero-order valence-electron chi connectivity index (χ0n) is 10.1. The van der Waals surface area contributed by atoms with Crippen LogP contribution >= 0.6 is 0 Å². The van der Waals surface area contributed by atoms with E-state index in [9.17, 15) is 0 Å². The van der Waals surface area contributed by atoms with Gasteiger partial charge in [0.05, 0.1) is 0 Å². The van der Waals surface area contributed by atoms with Crippen molar-refractivity contribution in [2.24, 2.45) is 5.92 Å². The first kappa shape index (κ1) is 11.4. The highest BCUT2D eigenvalue weighted by atomic mass is 15.1. The monoisotopic (exact) mass is 211 g/mol. The van der Waals surface area contributed by atoms with Crippen molar-refractivity contribution in [1.29, 1.82) is 0 Å². The molecule has 0 radical (unpaired) electrons. The van der Waals surface area contributed by atoms with Crippen LogP contribution in [0.5, 0.6) is 0 Å². The topological polar surface area (TPSA) is 27.3 Å². The van der Waals surface area contributed by atoms with E-state index in [1.54, 1.807) is 0 Å². The number of piperidine rings is 2. The molecule has 2 atom stereocenters. The molecular formula is C12H25N3. The largest absolute Gasteiger partial charge is 0.317 e. The molecule has 3 heteroatoms. The van der Waals surface area contributed by atoms with Gasteiger partial charge in [0.2, 0.25) is 0 Å². The van der Waals surface area contributed by atoms with Crippen LogP contribution in [-0.2, 0) is 0 Å².